The van der Waals surface area contributed by atoms with Gasteiger partial charge in [0.15, 0.2) is 0 Å². The van der Waals surface area contributed by atoms with Crippen LogP contribution in [0.25, 0.3) is 10.9 Å². The van der Waals surface area contributed by atoms with E-state index in [1.807, 2.05) is 42.1 Å². The van der Waals surface area contributed by atoms with Crippen molar-refractivity contribution in [2.24, 2.45) is 7.05 Å². The molecule has 1 atom stereocenters. The van der Waals surface area contributed by atoms with Crippen LogP contribution >= 0.6 is 0 Å². The molecule has 2 aromatic carbocycles. The first-order valence-corrected chi connectivity index (χ1v) is 9.07. The van der Waals surface area contributed by atoms with Gasteiger partial charge >= 0.3 is 0 Å². The maximum absolute atomic E-state index is 12.4. The Balaban J connectivity index is 1.39. The molecule has 0 saturated heterocycles. The van der Waals surface area contributed by atoms with E-state index in [2.05, 4.69) is 16.0 Å². The lowest BCUT2D eigenvalue weighted by Gasteiger charge is -2.14. The molecule has 2 heterocycles. The van der Waals surface area contributed by atoms with Crippen molar-refractivity contribution in [2.75, 3.05) is 10.6 Å². The van der Waals surface area contributed by atoms with Crippen molar-refractivity contribution in [2.45, 2.75) is 18.9 Å². The van der Waals surface area contributed by atoms with Gasteiger partial charge in [-0.05, 0) is 42.1 Å². The van der Waals surface area contributed by atoms with E-state index in [1.54, 1.807) is 24.3 Å². The number of fused-ring (bicyclic) bond motifs is 2. The van der Waals surface area contributed by atoms with Gasteiger partial charge in [0.1, 0.15) is 6.04 Å². The zero-order valence-electron chi connectivity index (χ0n) is 15.4. The van der Waals surface area contributed by atoms with Crippen LogP contribution < -0.4 is 16.0 Å². The average Bonchev–Trinajstić information content (AvgIpc) is 2.99. The number of rotatable bonds is 4. The summed E-state index contributed by atoms with van der Waals surface area (Å²) in [6.45, 7) is 0. The van der Waals surface area contributed by atoms with Gasteiger partial charge in [-0.1, -0.05) is 18.2 Å². The molecule has 7 heteroatoms. The third-order valence-electron chi connectivity index (χ3n) is 4.88. The zero-order chi connectivity index (χ0) is 19.7. The molecule has 1 aliphatic heterocycles. The molecular weight excluding hydrogens is 356 g/mol. The van der Waals surface area contributed by atoms with Gasteiger partial charge in [0.25, 0.3) is 5.91 Å². The smallest absolute Gasteiger partial charge is 0.254 e. The van der Waals surface area contributed by atoms with Crippen LogP contribution in [-0.4, -0.2) is 28.3 Å². The molecule has 0 fully saturated rings. The fourth-order valence-corrected chi connectivity index (χ4v) is 3.35. The summed E-state index contributed by atoms with van der Waals surface area (Å²) in [6, 6.07) is 13.8. The highest BCUT2D eigenvalue weighted by atomic mass is 16.2. The molecule has 0 aliphatic carbocycles. The molecular formula is C21H20N4O3. The average molecular weight is 376 g/mol. The Labute approximate surface area is 161 Å². The van der Waals surface area contributed by atoms with Crippen LogP contribution in [0.3, 0.4) is 0 Å². The molecule has 3 amide bonds. The van der Waals surface area contributed by atoms with E-state index in [0.717, 1.165) is 10.9 Å². The van der Waals surface area contributed by atoms with Gasteiger partial charge in [0, 0.05) is 30.9 Å². The zero-order valence-corrected chi connectivity index (χ0v) is 15.4. The SMILES string of the molecule is Cn1ccc2ccc(NC(=O)CC[C@@H]3NC(=O)c4ccccc4NC3=O)cc21. The normalized spacial score (nSPS) is 16.1. The van der Waals surface area contributed by atoms with Crippen molar-refractivity contribution >= 4 is 40.0 Å². The van der Waals surface area contributed by atoms with Crippen molar-refractivity contribution < 1.29 is 14.4 Å². The Hall–Kier alpha value is -3.61. The quantitative estimate of drug-likeness (QED) is 0.654. The Bertz CT molecular complexity index is 1090. The summed E-state index contributed by atoms with van der Waals surface area (Å²) in [6.07, 6.45) is 2.28. The molecule has 3 aromatic rings. The number of benzene rings is 2. The van der Waals surface area contributed by atoms with Crippen LogP contribution in [0.4, 0.5) is 11.4 Å². The predicted octanol–water partition coefficient (Wildman–Crippen LogP) is 2.65. The van der Waals surface area contributed by atoms with Crippen LogP contribution in [0.5, 0.6) is 0 Å². The Kier molecular flexibility index (Phi) is 4.57. The highest BCUT2D eigenvalue weighted by Crippen LogP contribution is 2.21. The van der Waals surface area contributed by atoms with E-state index in [-0.39, 0.29) is 30.6 Å². The lowest BCUT2D eigenvalue weighted by atomic mass is 10.1. The van der Waals surface area contributed by atoms with Gasteiger partial charge in [0.05, 0.1) is 11.3 Å². The fraction of sp³-hybridized carbons (Fsp3) is 0.190. The van der Waals surface area contributed by atoms with Crippen LogP contribution in [0, 0.1) is 0 Å². The first kappa shape index (κ1) is 17.8. The maximum Gasteiger partial charge on any atom is 0.254 e. The van der Waals surface area contributed by atoms with Crippen molar-refractivity contribution in [3.8, 4) is 0 Å². The summed E-state index contributed by atoms with van der Waals surface area (Å²) in [5, 5.41) is 9.39. The van der Waals surface area contributed by atoms with E-state index >= 15 is 0 Å². The number of aromatic nitrogens is 1. The first-order valence-electron chi connectivity index (χ1n) is 9.07. The molecule has 0 radical (unpaired) electrons. The number of anilines is 2. The predicted molar refractivity (Wildman–Crippen MR) is 107 cm³/mol. The molecule has 0 saturated carbocycles. The van der Waals surface area contributed by atoms with Gasteiger partial charge in [-0.15, -0.1) is 0 Å². The second-order valence-electron chi connectivity index (χ2n) is 6.85. The van der Waals surface area contributed by atoms with Crippen molar-refractivity contribution in [3.63, 3.8) is 0 Å². The van der Waals surface area contributed by atoms with E-state index in [9.17, 15) is 14.4 Å². The van der Waals surface area contributed by atoms with E-state index in [0.29, 0.717) is 16.9 Å². The van der Waals surface area contributed by atoms with Gasteiger partial charge in [0.2, 0.25) is 11.8 Å². The highest BCUT2D eigenvalue weighted by molar-refractivity contribution is 6.10. The highest BCUT2D eigenvalue weighted by Gasteiger charge is 2.27. The molecule has 0 bridgehead atoms. The molecule has 28 heavy (non-hydrogen) atoms. The summed E-state index contributed by atoms with van der Waals surface area (Å²) in [4.78, 5) is 37.1. The molecule has 0 spiro atoms. The second-order valence-corrected chi connectivity index (χ2v) is 6.85. The molecule has 0 unspecified atom stereocenters. The topological polar surface area (TPSA) is 92.2 Å². The van der Waals surface area contributed by atoms with E-state index < -0.39 is 6.04 Å². The number of hydrogen-bond acceptors (Lipinski definition) is 3. The molecule has 142 valence electrons. The summed E-state index contributed by atoms with van der Waals surface area (Å²) < 4.78 is 1.98. The number of carbonyl (C=O) groups excluding carboxylic acids is 3. The monoisotopic (exact) mass is 376 g/mol. The Morgan fingerprint density at radius 1 is 1.14 bits per heavy atom. The minimum absolute atomic E-state index is 0.111. The van der Waals surface area contributed by atoms with Crippen LogP contribution in [-0.2, 0) is 16.6 Å². The van der Waals surface area contributed by atoms with Gasteiger partial charge in [-0.25, -0.2) is 0 Å². The summed E-state index contributed by atoms with van der Waals surface area (Å²) in [5.74, 6) is -0.859. The van der Waals surface area contributed by atoms with Gasteiger partial charge < -0.3 is 20.5 Å². The Morgan fingerprint density at radius 2 is 1.96 bits per heavy atom. The van der Waals surface area contributed by atoms with Crippen LogP contribution in [0.2, 0.25) is 0 Å². The van der Waals surface area contributed by atoms with Crippen LogP contribution in [0.1, 0.15) is 23.2 Å². The summed E-state index contributed by atoms with van der Waals surface area (Å²) >= 11 is 0. The molecule has 4 rings (SSSR count). The standard InChI is InChI=1S/C21H20N4O3/c1-25-11-10-13-6-7-14(12-18(13)25)22-19(26)9-8-17-21(28)23-16-5-3-2-4-15(16)20(27)24-17/h2-7,10-12,17H,8-9H2,1H3,(H,22,26)(H,23,28)(H,24,27)/t17-/m0/s1. The van der Waals surface area contributed by atoms with Crippen molar-refractivity contribution in [1.29, 1.82) is 0 Å². The number of amides is 3. The number of nitrogens with zero attached hydrogens (tertiary/aromatic N) is 1. The molecule has 1 aliphatic rings. The number of hydrogen-bond donors (Lipinski definition) is 3. The van der Waals surface area contributed by atoms with E-state index in [4.69, 9.17) is 0 Å². The van der Waals surface area contributed by atoms with Crippen molar-refractivity contribution in [3.05, 3.63) is 60.3 Å². The molecule has 7 nitrogen and oxygen atoms in total. The molecule has 1 aromatic heterocycles. The maximum atomic E-state index is 12.4. The lowest BCUT2D eigenvalue weighted by Crippen LogP contribution is -2.41. The fourth-order valence-electron chi connectivity index (χ4n) is 3.35. The number of nitrogens with one attached hydrogen (secondary N) is 3. The number of aryl methyl sites for hydroxylation is 1. The van der Waals surface area contributed by atoms with Gasteiger partial charge in [-0.2, -0.15) is 0 Å². The summed E-state index contributed by atoms with van der Waals surface area (Å²) in [5.41, 5.74) is 2.61. The number of para-hydroxylation sites is 1. The second kappa shape index (κ2) is 7.19. The number of carbonyl (C=O) groups is 3. The van der Waals surface area contributed by atoms with Crippen LogP contribution in [0.15, 0.2) is 54.7 Å². The lowest BCUT2D eigenvalue weighted by molar-refractivity contribution is -0.118. The van der Waals surface area contributed by atoms with Crippen molar-refractivity contribution in [1.82, 2.24) is 9.88 Å². The third kappa shape index (κ3) is 3.46. The van der Waals surface area contributed by atoms with E-state index in [1.165, 1.54) is 0 Å². The first-order chi connectivity index (χ1) is 13.5. The summed E-state index contributed by atoms with van der Waals surface area (Å²) in [7, 11) is 1.94. The minimum atomic E-state index is -0.763. The third-order valence-corrected chi connectivity index (χ3v) is 4.88. The van der Waals surface area contributed by atoms with Gasteiger partial charge in [-0.3, -0.25) is 14.4 Å². The molecule has 3 N–H and O–H groups in total. The Morgan fingerprint density at radius 3 is 2.82 bits per heavy atom. The largest absolute Gasteiger partial charge is 0.350 e. The minimum Gasteiger partial charge on any atom is -0.350 e.